The van der Waals surface area contributed by atoms with Crippen LogP contribution in [0.1, 0.15) is 0 Å². The minimum absolute atomic E-state index is 0.0556. The largest absolute Gasteiger partial charge is 0.478 e. The smallest absolute Gasteiger partial charge is 0.327 e. The molecule has 0 saturated carbocycles. The van der Waals surface area contributed by atoms with E-state index in [1.54, 1.807) is 0 Å². The molecule has 0 bridgehead atoms. The molecule has 0 unspecified atom stereocenters. The molecule has 0 fully saturated rings. The summed E-state index contributed by atoms with van der Waals surface area (Å²) in [6.07, 6.45) is 0.833. The second-order valence-corrected chi connectivity index (χ2v) is 1.21. The van der Waals surface area contributed by atoms with Crippen LogP contribution in [0, 0.1) is 0 Å². The number of hydrogen-bond acceptors (Lipinski definition) is 3. The second kappa shape index (κ2) is 7.64. The molecule has 0 aliphatic rings. The fraction of sp³-hybridized carbons (Fsp3) is 0.200. The second-order valence-electron chi connectivity index (χ2n) is 1.21. The van der Waals surface area contributed by atoms with E-state index in [1.807, 2.05) is 0 Å². The number of carboxylic acids is 1. The molecular formula is C5H10N2O3. The molecule has 0 radical (unpaired) electrons. The normalized spacial score (nSPS) is 6.90. The molecule has 0 aromatic rings. The molecule has 58 valence electrons. The van der Waals surface area contributed by atoms with Gasteiger partial charge in [-0.25, -0.2) is 4.79 Å². The monoisotopic (exact) mass is 146 g/mol. The molecule has 0 aromatic heterocycles. The molecule has 0 heterocycles. The highest BCUT2D eigenvalue weighted by molar-refractivity contribution is 5.78. The van der Waals surface area contributed by atoms with E-state index in [0.29, 0.717) is 0 Å². The summed E-state index contributed by atoms with van der Waals surface area (Å²) in [6.45, 7) is 2.91. The van der Waals surface area contributed by atoms with Gasteiger partial charge in [-0.2, -0.15) is 0 Å². The van der Waals surface area contributed by atoms with Crippen molar-refractivity contribution in [2.75, 3.05) is 6.54 Å². The molecule has 0 aromatic carbocycles. The van der Waals surface area contributed by atoms with E-state index in [0.717, 1.165) is 6.08 Å². The first-order chi connectivity index (χ1) is 4.54. The van der Waals surface area contributed by atoms with Gasteiger partial charge in [0.1, 0.15) is 0 Å². The predicted octanol–water partition coefficient (Wildman–Crippen LogP) is -1.31. The first-order valence-electron chi connectivity index (χ1n) is 2.38. The number of carbonyl (C=O) groups is 2. The van der Waals surface area contributed by atoms with Crippen molar-refractivity contribution in [1.29, 1.82) is 0 Å². The fourth-order valence-corrected chi connectivity index (χ4v) is 0. The van der Waals surface area contributed by atoms with Crippen molar-refractivity contribution in [2.45, 2.75) is 0 Å². The molecule has 0 spiro atoms. The maximum Gasteiger partial charge on any atom is 0.327 e. The molecule has 0 aliphatic carbocycles. The SMILES string of the molecule is C=CC(=O)O.NCC(N)=O. The molecule has 10 heavy (non-hydrogen) atoms. The summed E-state index contributed by atoms with van der Waals surface area (Å²) in [4.78, 5) is 18.7. The van der Waals surface area contributed by atoms with Crippen LogP contribution in [0.5, 0.6) is 0 Å². The van der Waals surface area contributed by atoms with Gasteiger partial charge in [0.15, 0.2) is 0 Å². The summed E-state index contributed by atoms with van der Waals surface area (Å²) in [5.74, 6) is -1.45. The van der Waals surface area contributed by atoms with Gasteiger partial charge in [-0.1, -0.05) is 6.58 Å². The van der Waals surface area contributed by atoms with Crippen LogP contribution < -0.4 is 11.5 Å². The van der Waals surface area contributed by atoms with Gasteiger partial charge in [0.25, 0.3) is 0 Å². The summed E-state index contributed by atoms with van der Waals surface area (Å²) in [5, 5.41) is 7.60. The number of amides is 1. The Bertz CT molecular complexity index is 133. The zero-order chi connectivity index (χ0) is 8.57. The van der Waals surface area contributed by atoms with Crippen LogP contribution in [0.15, 0.2) is 12.7 Å². The Morgan fingerprint density at radius 1 is 1.60 bits per heavy atom. The van der Waals surface area contributed by atoms with Crippen molar-refractivity contribution < 1.29 is 14.7 Å². The van der Waals surface area contributed by atoms with Gasteiger partial charge in [-0.05, 0) is 0 Å². The van der Waals surface area contributed by atoms with Gasteiger partial charge in [0.05, 0.1) is 6.54 Å². The van der Waals surface area contributed by atoms with Crippen LogP contribution in [-0.2, 0) is 9.59 Å². The van der Waals surface area contributed by atoms with Crippen LogP contribution in [0.25, 0.3) is 0 Å². The number of hydrogen-bond donors (Lipinski definition) is 3. The van der Waals surface area contributed by atoms with Gasteiger partial charge in [0.2, 0.25) is 5.91 Å². The van der Waals surface area contributed by atoms with Crippen molar-refractivity contribution in [3.05, 3.63) is 12.7 Å². The first kappa shape index (κ1) is 11.4. The van der Waals surface area contributed by atoms with Crippen LogP contribution in [-0.4, -0.2) is 23.5 Å². The third-order valence-corrected chi connectivity index (χ3v) is 0.376. The summed E-state index contributed by atoms with van der Waals surface area (Å²) in [6, 6.07) is 0. The minimum Gasteiger partial charge on any atom is -0.478 e. The van der Waals surface area contributed by atoms with Gasteiger partial charge in [0, 0.05) is 6.08 Å². The lowest BCUT2D eigenvalue weighted by Gasteiger charge is -1.74. The van der Waals surface area contributed by atoms with E-state index in [-0.39, 0.29) is 6.54 Å². The summed E-state index contributed by atoms with van der Waals surface area (Å²) >= 11 is 0. The number of carbonyl (C=O) groups excluding carboxylic acids is 1. The third-order valence-electron chi connectivity index (χ3n) is 0.376. The summed E-state index contributed by atoms with van der Waals surface area (Å²) < 4.78 is 0. The number of carboxylic acid groups (broad SMARTS) is 1. The quantitative estimate of drug-likeness (QED) is 0.420. The third kappa shape index (κ3) is 30.3. The Morgan fingerprint density at radius 3 is 1.80 bits per heavy atom. The predicted molar refractivity (Wildman–Crippen MR) is 36.1 cm³/mol. The molecule has 0 atom stereocenters. The highest BCUT2D eigenvalue weighted by Gasteiger charge is 1.77. The maximum atomic E-state index is 9.47. The number of primary amides is 1. The van der Waals surface area contributed by atoms with E-state index in [4.69, 9.17) is 10.8 Å². The summed E-state index contributed by atoms with van der Waals surface area (Å²) in [5.41, 5.74) is 9.22. The molecule has 1 amide bonds. The topological polar surface area (TPSA) is 106 Å². The molecule has 5 N–H and O–H groups in total. The Balaban J connectivity index is 0. The highest BCUT2D eigenvalue weighted by Crippen LogP contribution is 1.54. The summed E-state index contributed by atoms with van der Waals surface area (Å²) in [7, 11) is 0. The highest BCUT2D eigenvalue weighted by atomic mass is 16.4. The lowest BCUT2D eigenvalue weighted by atomic mass is 10.7. The van der Waals surface area contributed by atoms with Crippen molar-refractivity contribution >= 4 is 11.9 Å². The van der Waals surface area contributed by atoms with Crippen molar-refractivity contribution in [2.24, 2.45) is 11.5 Å². The van der Waals surface area contributed by atoms with Crippen LogP contribution in [0.2, 0.25) is 0 Å². The average Bonchev–Trinajstić information content (AvgIpc) is 1.89. The van der Waals surface area contributed by atoms with Crippen molar-refractivity contribution in [1.82, 2.24) is 0 Å². The van der Waals surface area contributed by atoms with Crippen LogP contribution >= 0.6 is 0 Å². The Kier molecular flexibility index (Phi) is 8.74. The Morgan fingerprint density at radius 2 is 1.80 bits per heavy atom. The number of rotatable bonds is 2. The average molecular weight is 146 g/mol. The van der Waals surface area contributed by atoms with Crippen molar-refractivity contribution in [3.63, 3.8) is 0 Å². The van der Waals surface area contributed by atoms with Crippen LogP contribution in [0.4, 0.5) is 0 Å². The van der Waals surface area contributed by atoms with Gasteiger partial charge in [-0.3, -0.25) is 4.79 Å². The van der Waals surface area contributed by atoms with Gasteiger partial charge < -0.3 is 16.6 Å². The Hall–Kier alpha value is -1.36. The molecule has 0 aliphatic heterocycles. The lowest BCUT2D eigenvalue weighted by molar-refractivity contribution is -0.131. The van der Waals surface area contributed by atoms with Crippen molar-refractivity contribution in [3.8, 4) is 0 Å². The molecule has 5 heteroatoms. The van der Waals surface area contributed by atoms with Crippen LogP contribution in [0.3, 0.4) is 0 Å². The lowest BCUT2D eigenvalue weighted by Crippen LogP contribution is -2.21. The molecule has 0 rings (SSSR count). The Labute approximate surface area is 58.3 Å². The van der Waals surface area contributed by atoms with Gasteiger partial charge in [-0.15, -0.1) is 0 Å². The number of nitrogens with two attached hydrogens (primary N) is 2. The zero-order valence-corrected chi connectivity index (χ0v) is 5.41. The zero-order valence-electron chi connectivity index (χ0n) is 5.41. The van der Waals surface area contributed by atoms with E-state index >= 15 is 0 Å². The standard InChI is InChI=1S/C3H4O2.C2H6N2O/c1-2-3(4)5;3-1-2(4)5/h2H,1H2,(H,4,5);1,3H2,(H2,4,5). The minimum atomic E-state index is -0.981. The molecule has 5 nitrogen and oxygen atoms in total. The number of aliphatic carboxylic acids is 1. The van der Waals surface area contributed by atoms with E-state index in [2.05, 4.69) is 12.3 Å². The van der Waals surface area contributed by atoms with Gasteiger partial charge >= 0.3 is 5.97 Å². The fourth-order valence-electron chi connectivity index (χ4n) is 0. The van der Waals surface area contributed by atoms with E-state index in [1.165, 1.54) is 0 Å². The maximum absolute atomic E-state index is 9.47. The van der Waals surface area contributed by atoms with E-state index < -0.39 is 11.9 Å². The first-order valence-corrected chi connectivity index (χ1v) is 2.38. The van der Waals surface area contributed by atoms with E-state index in [9.17, 15) is 9.59 Å². The molecular weight excluding hydrogens is 136 g/mol. The molecule has 0 saturated heterocycles.